The number of benzene rings is 1. The smallest absolute Gasteiger partial charge is 0.227 e. The zero-order valence-electron chi connectivity index (χ0n) is 17.4. The number of amides is 1. The van der Waals surface area contributed by atoms with Crippen LogP contribution in [0.25, 0.3) is 10.9 Å². The molecule has 0 spiro atoms. The summed E-state index contributed by atoms with van der Waals surface area (Å²) in [6, 6.07) is 12.2. The predicted molar refractivity (Wildman–Crippen MR) is 133 cm³/mol. The zero-order valence-corrected chi connectivity index (χ0v) is 20.3. The molecular formula is C25H25ClIN3O. The van der Waals surface area contributed by atoms with Gasteiger partial charge in [0.2, 0.25) is 5.91 Å². The number of nitrogens with zero attached hydrogens (tertiary/aromatic N) is 2. The fourth-order valence-electron chi connectivity index (χ4n) is 5.74. The molecule has 160 valence electrons. The molecular weight excluding hydrogens is 521 g/mol. The number of aromatic nitrogens is 2. The molecule has 2 saturated carbocycles. The van der Waals surface area contributed by atoms with Crippen LogP contribution < -0.4 is 5.32 Å². The van der Waals surface area contributed by atoms with Crippen molar-refractivity contribution in [2.75, 3.05) is 5.32 Å². The van der Waals surface area contributed by atoms with Gasteiger partial charge >= 0.3 is 0 Å². The topological polar surface area (TPSA) is 54.9 Å². The summed E-state index contributed by atoms with van der Waals surface area (Å²) < 4.78 is 1.26. The van der Waals surface area contributed by atoms with Crippen molar-refractivity contribution in [1.82, 2.24) is 9.97 Å². The predicted octanol–water partition coefficient (Wildman–Crippen LogP) is 6.68. The molecule has 31 heavy (non-hydrogen) atoms. The lowest BCUT2D eigenvalue weighted by atomic mass is 9.86. The van der Waals surface area contributed by atoms with E-state index in [-0.39, 0.29) is 11.8 Å². The summed E-state index contributed by atoms with van der Waals surface area (Å²) in [6.07, 6.45) is 8.31. The summed E-state index contributed by atoms with van der Waals surface area (Å²) >= 11 is 8.22. The van der Waals surface area contributed by atoms with E-state index >= 15 is 0 Å². The van der Waals surface area contributed by atoms with Crippen LogP contribution in [0.1, 0.15) is 44.1 Å². The molecule has 2 aliphatic carbocycles. The maximum Gasteiger partial charge on any atom is 0.227 e. The van der Waals surface area contributed by atoms with Crippen LogP contribution in [-0.4, -0.2) is 15.9 Å². The molecule has 4 nitrogen and oxygen atoms in total. The summed E-state index contributed by atoms with van der Waals surface area (Å²) in [4.78, 5) is 21.4. The normalized spacial score (nSPS) is 26.0. The van der Waals surface area contributed by atoms with Crippen LogP contribution in [0.4, 0.5) is 5.69 Å². The van der Waals surface area contributed by atoms with Crippen molar-refractivity contribution in [1.29, 1.82) is 0 Å². The second kappa shape index (κ2) is 8.66. The highest BCUT2D eigenvalue weighted by molar-refractivity contribution is 14.1. The fraction of sp³-hybridized carbons (Fsp3) is 0.400. The Balaban J connectivity index is 1.24. The molecule has 0 saturated heterocycles. The van der Waals surface area contributed by atoms with Crippen molar-refractivity contribution in [3.63, 3.8) is 0 Å². The van der Waals surface area contributed by atoms with Gasteiger partial charge in [0.05, 0.1) is 17.4 Å². The van der Waals surface area contributed by atoms with Gasteiger partial charge in [0.15, 0.2) is 0 Å². The molecule has 5 atom stereocenters. The Hall–Kier alpha value is -1.73. The summed E-state index contributed by atoms with van der Waals surface area (Å²) in [5.41, 5.74) is 3.25. The first-order valence-electron chi connectivity index (χ1n) is 10.9. The van der Waals surface area contributed by atoms with Gasteiger partial charge in [0.1, 0.15) is 5.15 Å². The van der Waals surface area contributed by atoms with Gasteiger partial charge in [0, 0.05) is 21.1 Å². The van der Waals surface area contributed by atoms with Gasteiger partial charge < -0.3 is 5.32 Å². The monoisotopic (exact) mass is 545 g/mol. The third kappa shape index (κ3) is 4.31. The van der Waals surface area contributed by atoms with E-state index in [4.69, 9.17) is 11.6 Å². The summed E-state index contributed by atoms with van der Waals surface area (Å²) in [5, 5.41) is 4.74. The second-order valence-electron chi connectivity index (χ2n) is 9.13. The quantitative estimate of drug-likeness (QED) is 0.294. The highest BCUT2D eigenvalue weighted by Gasteiger charge is 2.44. The molecule has 0 bridgehead atoms. The number of fused-ring (bicyclic) bond motifs is 2. The van der Waals surface area contributed by atoms with Crippen LogP contribution in [-0.2, 0) is 4.79 Å². The van der Waals surface area contributed by atoms with Crippen LogP contribution in [0.3, 0.4) is 0 Å². The molecule has 1 aromatic carbocycles. The summed E-state index contributed by atoms with van der Waals surface area (Å²) in [5.74, 6) is 2.57. The van der Waals surface area contributed by atoms with Crippen molar-refractivity contribution in [2.45, 2.75) is 38.5 Å². The zero-order chi connectivity index (χ0) is 21.5. The van der Waals surface area contributed by atoms with Crippen molar-refractivity contribution >= 4 is 56.7 Å². The van der Waals surface area contributed by atoms with E-state index in [1.54, 1.807) is 18.3 Å². The number of nitrogens with one attached hydrogen (secondary N) is 1. The first-order chi connectivity index (χ1) is 15.0. The molecule has 1 N–H and O–H groups in total. The molecule has 2 fully saturated rings. The van der Waals surface area contributed by atoms with E-state index in [1.165, 1.54) is 27.4 Å². The van der Waals surface area contributed by atoms with Gasteiger partial charge in [-0.3, -0.25) is 9.78 Å². The second-order valence-corrected chi connectivity index (χ2v) is 10.8. The maximum absolute atomic E-state index is 12.8. The van der Waals surface area contributed by atoms with E-state index in [0.29, 0.717) is 34.5 Å². The lowest BCUT2D eigenvalue weighted by Crippen LogP contribution is -2.26. The Bertz CT molecular complexity index is 1110. The SMILES string of the molecule is CC(C(=O)Nc1ccc(Cl)nc1)C1C[C@H]2CC(c3ccnc4ccc(I)cc34)C[C@H]2C1. The average molecular weight is 546 g/mol. The Morgan fingerprint density at radius 2 is 1.87 bits per heavy atom. The van der Waals surface area contributed by atoms with E-state index < -0.39 is 0 Å². The number of rotatable bonds is 4. The van der Waals surface area contributed by atoms with Crippen LogP contribution >= 0.6 is 34.2 Å². The van der Waals surface area contributed by atoms with Crippen LogP contribution in [0.15, 0.2) is 48.8 Å². The highest BCUT2D eigenvalue weighted by atomic mass is 127. The van der Waals surface area contributed by atoms with E-state index in [0.717, 1.165) is 18.4 Å². The minimum absolute atomic E-state index is 0.00284. The van der Waals surface area contributed by atoms with Gasteiger partial charge in [-0.05, 0) is 114 Å². The number of carbonyl (C=O) groups excluding carboxylic acids is 1. The van der Waals surface area contributed by atoms with Gasteiger partial charge in [-0.2, -0.15) is 0 Å². The molecule has 3 aromatic rings. The largest absolute Gasteiger partial charge is 0.324 e. The average Bonchev–Trinajstić information content (AvgIpc) is 3.33. The van der Waals surface area contributed by atoms with Crippen LogP contribution in [0, 0.1) is 27.2 Å². The van der Waals surface area contributed by atoms with Gasteiger partial charge in [-0.1, -0.05) is 18.5 Å². The molecule has 0 radical (unpaired) electrons. The van der Waals surface area contributed by atoms with Gasteiger partial charge in [-0.25, -0.2) is 4.98 Å². The maximum atomic E-state index is 12.8. The number of hydrogen-bond donors (Lipinski definition) is 1. The molecule has 1 amide bonds. The third-order valence-electron chi connectivity index (χ3n) is 7.34. The standard InChI is InChI=1S/C25H25ClIN3O/c1-14(25(31)30-20-3-5-24(26)29-13-20)15-8-16-10-18(11-17(16)9-15)21-6-7-28-23-4-2-19(27)12-22(21)23/h2-7,12-18H,8-11H2,1H3,(H,30,31)/t14?,15?,16-,17+,18?. The Morgan fingerprint density at radius 3 is 2.58 bits per heavy atom. The summed E-state index contributed by atoms with van der Waals surface area (Å²) in [6.45, 7) is 2.07. The van der Waals surface area contributed by atoms with Crippen molar-refractivity contribution < 1.29 is 4.79 Å². The molecule has 2 aliphatic rings. The van der Waals surface area contributed by atoms with Crippen LogP contribution in [0.5, 0.6) is 0 Å². The van der Waals surface area contributed by atoms with E-state index in [1.807, 2.05) is 6.20 Å². The number of hydrogen-bond acceptors (Lipinski definition) is 3. The van der Waals surface area contributed by atoms with Crippen molar-refractivity contribution in [3.05, 3.63) is 63.1 Å². The minimum Gasteiger partial charge on any atom is -0.324 e. The molecule has 5 rings (SSSR count). The summed E-state index contributed by atoms with van der Waals surface area (Å²) in [7, 11) is 0. The van der Waals surface area contributed by atoms with E-state index in [9.17, 15) is 4.79 Å². The number of carbonyl (C=O) groups is 1. The fourth-order valence-corrected chi connectivity index (χ4v) is 6.34. The lowest BCUT2D eigenvalue weighted by molar-refractivity contribution is -0.120. The van der Waals surface area contributed by atoms with Gasteiger partial charge in [0.25, 0.3) is 0 Å². The van der Waals surface area contributed by atoms with Crippen molar-refractivity contribution in [3.8, 4) is 0 Å². The molecule has 3 unspecified atom stereocenters. The van der Waals surface area contributed by atoms with Crippen molar-refractivity contribution in [2.24, 2.45) is 23.7 Å². The molecule has 0 aliphatic heterocycles. The first kappa shape index (κ1) is 21.1. The molecule has 2 aromatic heterocycles. The van der Waals surface area contributed by atoms with Gasteiger partial charge in [-0.15, -0.1) is 0 Å². The van der Waals surface area contributed by atoms with Crippen LogP contribution in [0.2, 0.25) is 5.15 Å². The third-order valence-corrected chi connectivity index (χ3v) is 8.24. The first-order valence-corrected chi connectivity index (χ1v) is 12.4. The Kier molecular flexibility index (Phi) is 5.90. The van der Waals surface area contributed by atoms with E-state index in [2.05, 4.69) is 69.1 Å². The minimum atomic E-state index is 0.00284. The number of pyridine rings is 2. The number of halogens is 2. The number of anilines is 1. The molecule has 2 heterocycles. The Morgan fingerprint density at radius 1 is 1.10 bits per heavy atom. The highest BCUT2D eigenvalue weighted by Crippen LogP contribution is 2.54. The molecule has 6 heteroatoms. The lowest BCUT2D eigenvalue weighted by Gasteiger charge is -2.21. The Labute approximate surface area is 201 Å².